The van der Waals surface area contributed by atoms with Crippen molar-refractivity contribution in [3.05, 3.63) is 29.8 Å². The van der Waals surface area contributed by atoms with Crippen LogP contribution in [0.4, 0.5) is 5.69 Å². The van der Waals surface area contributed by atoms with Gasteiger partial charge in [-0.05, 0) is 55.8 Å². The van der Waals surface area contributed by atoms with Crippen LogP contribution in [0, 0.1) is 0 Å². The van der Waals surface area contributed by atoms with Crippen molar-refractivity contribution in [3.63, 3.8) is 0 Å². The van der Waals surface area contributed by atoms with Gasteiger partial charge in [0.05, 0.1) is 0 Å². The number of hydrogen-bond donors (Lipinski definition) is 1. The minimum atomic E-state index is 0.706. The zero-order valence-electron chi connectivity index (χ0n) is 9.73. The van der Waals surface area contributed by atoms with Crippen LogP contribution in [0.3, 0.4) is 0 Å². The van der Waals surface area contributed by atoms with Gasteiger partial charge in [-0.1, -0.05) is 12.1 Å². The molecule has 1 aromatic rings. The lowest BCUT2D eigenvalue weighted by molar-refractivity contribution is 0.199. The minimum Gasteiger partial charge on any atom is -0.399 e. The Balaban J connectivity index is 1.73. The Bertz CT molecular complexity index is 371. The molecule has 2 aliphatic rings. The van der Waals surface area contributed by atoms with E-state index in [1.807, 2.05) is 6.07 Å². The Morgan fingerprint density at radius 3 is 2.81 bits per heavy atom. The van der Waals surface area contributed by atoms with Gasteiger partial charge in [0.2, 0.25) is 0 Å². The molecule has 1 atom stereocenters. The molecule has 16 heavy (non-hydrogen) atoms. The summed E-state index contributed by atoms with van der Waals surface area (Å²) < 4.78 is 0. The smallest absolute Gasteiger partial charge is 0.0316 e. The molecule has 3 rings (SSSR count). The standard InChI is InChI=1S/C14H20N2/c15-13-5-1-3-11(9-13)12-4-2-8-16(10-12)14-6-7-14/h1,3,5,9,12,14H,2,4,6-8,10,15H2. The molecule has 0 bridgehead atoms. The molecule has 2 heteroatoms. The second-order valence-electron chi connectivity index (χ2n) is 5.24. The summed E-state index contributed by atoms with van der Waals surface area (Å²) in [6.07, 6.45) is 5.51. The van der Waals surface area contributed by atoms with E-state index in [0.29, 0.717) is 5.92 Å². The summed E-state index contributed by atoms with van der Waals surface area (Å²) >= 11 is 0. The second kappa shape index (κ2) is 4.10. The van der Waals surface area contributed by atoms with Gasteiger partial charge < -0.3 is 5.73 Å². The van der Waals surface area contributed by atoms with Crippen molar-refractivity contribution in [3.8, 4) is 0 Å². The summed E-state index contributed by atoms with van der Waals surface area (Å²) in [5, 5.41) is 0. The van der Waals surface area contributed by atoms with Gasteiger partial charge >= 0.3 is 0 Å². The van der Waals surface area contributed by atoms with Crippen molar-refractivity contribution in [2.45, 2.75) is 37.6 Å². The molecule has 1 saturated heterocycles. The number of anilines is 1. The molecule has 1 unspecified atom stereocenters. The van der Waals surface area contributed by atoms with Gasteiger partial charge in [-0.25, -0.2) is 0 Å². The van der Waals surface area contributed by atoms with Crippen molar-refractivity contribution in [2.75, 3.05) is 18.8 Å². The molecule has 1 aliphatic heterocycles. The van der Waals surface area contributed by atoms with Crippen LogP contribution in [0.1, 0.15) is 37.2 Å². The fraction of sp³-hybridized carbons (Fsp3) is 0.571. The minimum absolute atomic E-state index is 0.706. The zero-order valence-corrected chi connectivity index (χ0v) is 9.73. The fourth-order valence-corrected chi connectivity index (χ4v) is 2.86. The first-order chi connectivity index (χ1) is 7.83. The first-order valence-electron chi connectivity index (χ1n) is 6.42. The summed E-state index contributed by atoms with van der Waals surface area (Å²) in [6, 6.07) is 9.35. The molecule has 1 aliphatic carbocycles. The topological polar surface area (TPSA) is 29.3 Å². The molecule has 1 aromatic carbocycles. The van der Waals surface area contributed by atoms with Crippen molar-refractivity contribution < 1.29 is 0 Å². The third kappa shape index (κ3) is 2.07. The van der Waals surface area contributed by atoms with E-state index in [1.165, 1.54) is 44.3 Å². The van der Waals surface area contributed by atoms with Crippen molar-refractivity contribution in [1.82, 2.24) is 4.90 Å². The molecular weight excluding hydrogens is 196 g/mol. The predicted octanol–water partition coefficient (Wildman–Crippen LogP) is 2.61. The quantitative estimate of drug-likeness (QED) is 0.770. The van der Waals surface area contributed by atoms with Gasteiger partial charge in [0, 0.05) is 18.3 Å². The third-order valence-corrected chi connectivity index (χ3v) is 3.90. The van der Waals surface area contributed by atoms with E-state index in [-0.39, 0.29) is 0 Å². The zero-order chi connectivity index (χ0) is 11.0. The summed E-state index contributed by atoms with van der Waals surface area (Å²) in [5.74, 6) is 0.706. The first kappa shape index (κ1) is 10.2. The van der Waals surface area contributed by atoms with Gasteiger partial charge in [-0.15, -0.1) is 0 Å². The lowest BCUT2D eigenvalue weighted by atomic mass is 9.90. The molecular formula is C14H20N2. The lowest BCUT2D eigenvalue weighted by Crippen LogP contribution is -2.35. The normalized spacial score (nSPS) is 26.9. The highest BCUT2D eigenvalue weighted by Gasteiger charge is 2.32. The van der Waals surface area contributed by atoms with Gasteiger partial charge in [0.1, 0.15) is 0 Å². The highest BCUT2D eigenvalue weighted by Crippen LogP contribution is 2.34. The number of nitrogen functional groups attached to an aromatic ring is 1. The van der Waals surface area contributed by atoms with Crippen molar-refractivity contribution in [1.29, 1.82) is 0 Å². The Labute approximate surface area is 97.4 Å². The van der Waals surface area contributed by atoms with Crippen LogP contribution in [0.15, 0.2) is 24.3 Å². The highest BCUT2D eigenvalue weighted by atomic mass is 15.2. The fourth-order valence-electron chi connectivity index (χ4n) is 2.86. The number of piperidine rings is 1. The molecule has 2 fully saturated rings. The molecule has 0 radical (unpaired) electrons. The van der Waals surface area contributed by atoms with Crippen LogP contribution in [0.5, 0.6) is 0 Å². The second-order valence-corrected chi connectivity index (χ2v) is 5.24. The largest absolute Gasteiger partial charge is 0.399 e. The number of likely N-dealkylation sites (tertiary alicyclic amines) is 1. The number of nitrogens with two attached hydrogens (primary N) is 1. The summed E-state index contributed by atoms with van der Waals surface area (Å²) in [5.41, 5.74) is 8.20. The van der Waals surface area contributed by atoms with E-state index in [4.69, 9.17) is 5.73 Å². The van der Waals surface area contributed by atoms with Crippen molar-refractivity contribution in [2.24, 2.45) is 0 Å². The van der Waals surface area contributed by atoms with Crippen LogP contribution in [0.25, 0.3) is 0 Å². The van der Waals surface area contributed by atoms with E-state index < -0.39 is 0 Å². The SMILES string of the molecule is Nc1cccc(C2CCCN(C3CC3)C2)c1. The Morgan fingerprint density at radius 2 is 2.06 bits per heavy atom. The van der Waals surface area contributed by atoms with Crippen molar-refractivity contribution >= 4 is 5.69 Å². The average Bonchev–Trinajstić information content (AvgIpc) is 3.13. The Morgan fingerprint density at radius 1 is 1.19 bits per heavy atom. The molecule has 0 aromatic heterocycles. The van der Waals surface area contributed by atoms with E-state index in [9.17, 15) is 0 Å². The van der Waals surface area contributed by atoms with E-state index >= 15 is 0 Å². The summed E-state index contributed by atoms with van der Waals surface area (Å²) in [7, 11) is 0. The number of rotatable bonds is 2. The maximum Gasteiger partial charge on any atom is 0.0316 e. The number of hydrogen-bond acceptors (Lipinski definition) is 2. The number of nitrogens with zero attached hydrogens (tertiary/aromatic N) is 1. The van der Waals surface area contributed by atoms with Gasteiger partial charge in [0.15, 0.2) is 0 Å². The maximum atomic E-state index is 5.86. The predicted molar refractivity (Wildman–Crippen MR) is 67.4 cm³/mol. The average molecular weight is 216 g/mol. The lowest BCUT2D eigenvalue weighted by Gasteiger charge is -2.33. The molecule has 2 nitrogen and oxygen atoms in total. The molecule has 0 amide bonds. The monoisotopic (exact) mass is 216 g/mol. The Kier molecular flexibility index (Phi) is 2.60. The van der Waals surface area contributed by atoms with Gasteiger partial charge in [-0.2, -0.15) is 0 Å². The molecule has 0 spiro atoms. The number of benzene rings is 1. The summed E-state index contributed by atoms with van der Waals surface area (Å²) in [6.45, 7) is 2.55. The van der Waals surface area contributed by atoms with Crippen LogP contribution in [0.2, 0.25) is 0 Å². The van der Waals surface area contributed by atoms with Gasteiger partial charge in [0.25, 0.3) is 0 Å². The van der Waals surface area contributed by atoms with E-state index in [0.717, 1.165) is 11.7 Å². The third-order valence-electron chi connectivity index (χ3n) is 3.90. The molecule has 1 heterocycles. The highest BCUT2D eigenvalue weighted by molar-refractivity contribution is 5.42. The van der Waals surface area contributed by atoms with E-state index in [1.54, 1.807) is 0 Å². The molecule has 86 valence electrons. The first-order valence-corrected chi connectivity index (χ1v) is 6.42. The van der Waals surface area contributed by atoms with Crippen LogP contribution >= 0.6 is 0 Å². The Hall–Kier alpha value is -1.02. The van der Waals surface area contributed by atoms with Crippen LogP contribution in [-0.4, -0.2) is 24.0 Å². The maximum absolute atomic E-state index is 5.86. The van der Waals surface area contributed by atoms with Gasteiger partial charge in [-0.3, -0.25) is 4.90 Å². The van der Waals surface area contributed by atoms with Crippen LogP contribution in [-0.2, 0) is 0 Å². The summed E-state index contributed by atoms with van der Waals surface area (Å²) in [4.78, 5) is 2.68. The molecule has 2 N–H and O–H groups in total. The van der Waals surface area contributed by atoms with E-state index in [2.05, 4.69) is 23.1 Å². The molecule has 1 saturated carbocycles. The van der Waals surface area contributed by atoms with Crippen LogP contribution < -0.4 is 5.73 Å².